The number of hydrogen-bond donors (Lipinski definition) is 1. The van der Waals surface area contributed by atoms with Gasteiger partial charge in [-0.2, -0.15) is 5.26 Å². The quantitative estimate of drug-likeness (QED) is 0.621. The van der Waals surface area contributed by atoms with Crippen LogP contribution in [0.3, 0.4) is 0 Å². The zero-order valence-corrected chi connectivity index (χ0v) is 13.4. The van der Waals surface area contributed by atoms with Crippen LogP contribution in [-0.2, 0) is 0 Å². The second-order valence-electron chi connectivity index (χ2n) is 5.32. The molecule has 0 radical (unpaired) electrons. The van der Waals surface area contributed by atoms with Gasteiger partial charge in [0.2, 0.25) is 0 Å². The van der Waals surface area contributed by atoms with Gasteiger partial charge in [-0.1, -0.05) is 18.2 Å². The lowest BCUT2D eigenvalue weighted by molar-refractivity contribution is 0.101. The third kappa shape index (κ3) is 4.58. The fourth-order valence-corrected chi connectivity index (χ4v) is 2.20. The Balaban J connectivity index is 1.87. The van der Waals surface area contributed by atoms with Crippen molar-refractivity contribution in [2.75, 3.05) is 18.5 Å². The number of nitrogens with one attached hydrogen (secondary N) is 1. The second-order valence-corrected chi connectivity index (χ2v) is 5.32. The van der Waals surface area contributed by atoms with E-state index < -0.39 is 0 Å². The van der Waals surface area contributed by atoms with Gasteiger partial charge in [0.25, 0.3) is 0 Å². The molecule has 0 aliphatic carbocycles. The zero-order chi connectivity index (χ0) is 16.7. The summed E-state index contributed by atoms with van der Waals surface area (Å²) < 4.78 is 5.73. The molecule has 0 atom stereocenters. The highest BCUT2D eigenvalue weighted by Crippen LogP contribution is 2.18. The largest absolute Gasteiger partial charge is 0.493 e. The average molecular weight is 308 g/mol. The molecule has 0 aliphatic heterocycles. The van der Waals surface area contributed by atoms with Gasteiger partial charge in [0.15, 0.2) is 5.78 Å². The van der Waals surface area contributed by atoms with E-state index in [9.17, 15) is 4.79 Å². The van der Waals surface area contributed by atoms with Crippen LogP contribution < -0.4 is 10.1 Å². The van der Waals surface area contributed by atoms with Gasteiger partial charge in [0.1, 0.15) is 11.8 Å². The van der Waals surface area contributed by atoms with Crippen molar-refractivity contribution in [3.63, 3.8) is 0 Å². The van der Waals surface area contributed by atoms with Crippen molar-refractivity contribution >= 4 is 11.5 Å². The lowest BCUT2D eigenvalue weighted by atomic mass is 10.1. The van der Waals surface area contributed by atoms with Crippen molar-refractivity contribution in [1.29, 1.82) is 5.26 Å². The Morgan fingerprint density at radius 2 is 2.04 bits per heavy atom. The van der Waals surface area contributed by atoms with E-state index in [1.807, 2.05) is 31.2 Å². The number of carbonyl (C=O) groups is 1. The molecule has 2 rings (SSSR count). The van der Waals surface area contributed by atoms with Crippen molar-refractivity contribution in [2.24, 2.45) is 0 Å². The van der Waals surface area contributed by atoms with E-state index in [2.05, 4.69) is 11.4 Å². The van der Waals surface area contributed by atoms with E-state index in [0.717, 1.165) is 17.7 Å². The number of nitriles is 1. The van der Waals surface area contributed by atoms with Gasteiger partial charge in [0.05, 0.1) is 17.9 Å². The van der Waals surface area contributed by atoms with Gasteiger partial charge in [0, 0.05) is 12.1 Å². The van der Waals surface area contributed by atoms with E-state index in [-0.39, 0.29) is 5.78 Å². The van der Waals surface area contributed by atoms with E-state index >= 15 is 0 Å². The summed E-state index contributed by atoms with van der Waals surface area (Å²) in [6, 6.07) is 15.1. The van der Waals surface area contributed by atoms with Crippen molar-refractivity contribution in [1.82, 2.24) is 0 Å². The SMILES string of the molecule is CC(=O)c1ccc(C#N)c(NCCCOc2ccccc2C)c1. The molecule has 4 heteroatoms. The van der Waals surface area contributed by atoms with Crippen LogP contribution in [-0.4, -0.2) is 18.9 Å². The number of carbonyl (C=O) groups excluding carboxylic acids is 1. The molecule has 0 bridgehead atoms. The summed E-state index contributed by atoms with van der Waals surface area (Å²) in [6.45, 7) is 4.79. The van der Waals surface area contributed by atoms with Crippen molar-refractivity contribution < 1.29 is 9.53 Å². The molecular formula is C19H20N2O2. The van der Waals surface area contributed by atoms with Crippen LogP contribution in [0.2, 0.25) is 0 Å². The highest BCUT2D eigenvalue weighted by molar-refractivity contribution is 5.95. The van der Waals surface area contributed by atoms with E-state index in [1.54, 1.807) is 18.2 Å². The second kappa shape index (κ2) is 8.00. The fourth-order valence-electron chi connectivity index (χ4n) is 2.20. The normalized spacial score (nSPS) is 9.96. The molecule has 0 aromatic heterocycles. The van der Waals surface area contributed by atoms with Crippen LogP contribution in [0.25, 0.3) is 0 Å². The Kier molecular flexibility index (Phi) is 5.76. The summed E-state index contributed by atoms with van der Waals surface area (Å²) in [5.74, 6) is 0.879. The summed E-state index contributed by atoms with van der Waals surface area (Å²) in [7, 11) is 0. The predicted molar refractivity (Wildman–Crippen MR) is 90.9 cm³/mol. The number of rotatable bonds is 7. The first kappa shape index (κ1) is 16.6. The van der Waals surface area contributed by atoms with Gasteiger partial charge in [-0.15, -0.1) is 0 Å². The number of anilines is 1. The number of para-hydroxylation sites is 1. The summed E-state index contributed by atoms with van der Waals surface area (Å²) in [4.78, 5) is 11.4. The Morgan fingerprint density at radius 1 is 1.26 bits per heavy atom. The minimum absolute atomic E-state index is 0.0135. The molecule has 0 unspecified atom stereocenters. The zero-order valence-electron chi connectivity index (χ0n) is 13.4. The average Bonchev–Trinajstić information content (AvgIpc) is 2.56. The molecule has 0 saturated carbocycles. The maximum absolute atomic E-state index is 11.4. The van der Waals surface area contributed by atoms with Gasteiger partial charge in [-0.05, 0) is 50.1 Å². The van der Waals surface area contributed by atoms with E-state index in [1.165, 1.54) is 6.92 Å². The van der Waals surface area contributed by atoms with Gasteiger partial charge >= 0.3 is 0 Å². The van der Waals surface area contributed by atoms with Crippen molar-refractivity contribution in [2.45, 2.75) is 20.3 Å². The van der Waals surface area contributed by atoms with Crippen LogP contribution in [0.4, 0.5) is 5.69 Å². The highest BCUT2D eigenvalue weighted by Gasteiger charge is 2.06. The molecule has 0 amide bonds. The molecule has 2 aromatic rings. The first-order valence-electron chi connectivity index (χ1n) is 7.59. The number of ketones is 1. The van der Waals surface area contributed by atoms with E-state index in [0.29, 0.717) is 30.0 Å². The van der Waals surface area contributed by atoms with Gasteiger partial charge in [-0.25, -0.2) is 0 Å². The van der Waals surface area contributed by atoms with Crippen molar-refractivity contribution in [3.8, 4) is 11.8 Å². The van der Waals surface area contributed by atoms with Crippen LogP contribution in [0.15, 0.2) is 42.5 Å². The van der Waals surface area contributed by atoms with Crippen LogP contribution >= 0.6 is 0 Å². The smallest absolute Gasteiger partial charge is 0.159 e. The Hall–Kier alpha value is -2.80. The maximum atomic E-state index is 11.4. The molecule has 0 heterocycles. The summed E-state index contributed by atoms with van der Waals surface area (Å²) in [6.07, 6.45) is 0.795. The molecular weight excluding hydrogens is 288 g/mol. The van der Waals surface area contributed by atoms with Crippen LogP contribution in [0, 0.1) is 18.3 Å². The Labute approximate surface area is 136 Å². The third-order valence-electron chi connectivity index (χ3n) is 3.53. The number of nitrogens with zero attached hydrogens (tertiary/aromatic N) is 1. The first-order chi connectivity index (χ1) is 11.1. The highest BCUT2D eigenvalue weighted by atomic mass is 16.5. The molecule has 23 heavy (non-hydrogen) atoms. The van der Waals surface area contributed by atoms with E-state index in [4.69, 9.17) is 10.00 Å². The molecule has 4 nitrogen and oxygen atoms in total. The molecule has 0 fully saturated rings. The minimum atomic E-state index is -0.0135. The molecule has 1 N–H and O–H groups in total. The van der Waals surface area contributed by atoms with Crippen LogP contribution in [0.5, 0.6) is 5.75 Å². The number of ether oxygens (including phenoxy) is 1. The lowest BCUT2D eigenvalue weighted by Crippen LogP contribution is -2.09. The van der Waals surface area contributed by atoms with Crippen LogP contribution in [0.1, 0.15) is 34.8 Å². The summed E-state index contributed by atoms with van der Waals surface area (Å²) in [5.41, 5.74) is 2.94. The maximum Gasteiger partial charge on any atom is 0.159 e. The molecule has 0 aliphatic rings. The number of Topliss-reactive ketones (excluding diaryl/α,β-unsaturated/α-hetero) is 1. The first-order valence-corrected chi connectivity index (χ1v) is 7.59. The van der Waals surface area contributed by atoms with Gasteiger partial charge in [-0.3, -0.25) is 4.79 Å². The molecule has 2 aromatic carbocycles. The topological polar surface area (TPSA) is 62.1 Å². The summed E-state index contributed by atoms with van der Waals surface area (Å²) in [5, 5.41) is 12.3. The Bertz CT molecular complexity index is 732. The van der Waals surface area contributed by atoms with Gasteiger partial charge < -0.3 is 10.1 Å². The number of aryl methyl sites for hydroxylation is 1. The third-order valence-corrected chi connectivity index (χ3v) is 3.53. The lowest BCUT2D eigenvalue weighted by Gasteiger charge is -2.11. The minimum Gasteiger partial charge on any atom is -0.493 e. The molecule has 0 spiro atoms. The van der Waals surface area contributed by atoms with Crippen molar-refractivity contribution in [3.05, 3.63) is 59.2 Å². The predicted octanol–water partition coefficient (Wildman–Crippen LogP) is 3.95. The number of benzene rings is 2. The molecule has 118 valence electrons. The monoisotopic (exact) mass is 308 g/mol. The standard InChI is InChI=1S/C19H20N2O2/c1-14-6-3-4-7-19(14)23-11-5-10-21-18-12-16(15(2)22)8-9-17(18)13-20/h3-4,6-9,12,21H,5,10-11H2,1-2H3. The Morgan fingerprint density at radius 3 is 2.74 bits per heavy atom. The fraction of sp³-hybridized carbons (Fsp3) is 0.263. The number of hydrogen-bond acceptors (Lipinski definition) is 4. The molecule has 0 saturated heterocycles. The summed E-state index contributed by atoms with van der Waals surface area (Å²) >= 11 is 0.